The molecule has 1 N–H and O–H groups in total. The van der Waals surface area contributed by atoms with Crippen LogP contribution in [0.1, 0.15) is 45.2 Å². The van der Waals surface area contributed by atoms with Gasteiger partial charge in [-0.15, -0.1) is 0 Å². The molecule has 1 aromatic rings. The molecule has 23 heavy (non-hydrogen) atoms. The zero-order valence-corrected chi connectivity index (χ0v) is 15.0. The fraction of sp³-hybridized carbons (Fsp3) is 0.632. The van der Waals surface area contributed by atoms with Gasteiger partial charge in [0.2, 0.25) is 5.91 Å². The first-order valence-electron chi connectivity index (χ1n) is 8.76. The van der Waals surface area contributed by atoms with Crippen molar-refractivity contribution >= 4 is 5.91 Å². The number of nitrogens with one attached hydrogen (secondary N) is 1. The largest absolute Gasteiger partial charge is 0.348 e. The summed E-state index contributed by atoms with van der Waals surface area (Å²) in [6, 6.07) is 11.3. The highest BCUT2D eigenvalue weighted by Gasteiger charge is 2.24. The molecule has 1 aromatic carbocycles. The molecule has 4 heteroatoms. The average molecular weight is 317 g/mol. The normalized spacial score (nSPS) is 18.3. The Hall–Kier alpha value is -1.39. The van der Waals surface area contributed by atoms with E-state index in [9.17, 15) is 4.79 Å². The molecule has 1 unspecified atom stereocenters. The second-order valence-electron chi connectivity index (χ2n) is 6.98. The summed E-state index contributed by atoms with van der Waals surface area (Å²) in [5, 5.41) is 3.10. The molecule has 2 rings (SSSR count). The minimum Gasteiger partial charge on any atom is -0.348 e. The molecule has 1 aliphatic rings. The van der Waals surface area contributed by atoms with Gasteiger partial charge in [-0.2, -0.15) is 0 Å². The molecule has 1 amide bonds. The summed E-state index contributed by atoms with van der Waals surface area (Å²) in [6.07, 6.45) is 2.30. The number of carbonyl (C=O) groups is 1. The molecule has 0 bridgehead atoms. The standard InChI is InChI=1S/C19H31N3O/c1-15(2)22-12-10-18(11-13-22)21(4)14-19(23)20-16(3)17-8-6-5-7-9-17/h5-9,15-16,18H,10-14H2,1-4H3,(H,20,23). The Bertz CT molecular complexity index is 481. The fourth-order valence-corrected chi connectivity index (χ4v) is 3.31. The number of amides is 1. The van der Waals surface area contributed by atoms with Crippen molar-refractivity contribution < 1.29 is 4.79 Å². The van der Waals surface area contributed by atoms with Crippen LogP contribution in [-0.2, 0) is 4.79 Å². The topological polar surface area (TPSA) is 35.6 Å². The number of hydrogen-bond acceptors (Lipinski definition) is 3. The Morgan fingerprint density at radius 3 is 2.39 bits per heavy atom. The Morgan fingerprint density at radius 2 is 1.83 bits per heavy atom. The van der Waals surface area contributed by atoms with Crippen molar-refractivity contribution in [3.8, 4) is 0 Å². The summed E-state index contributed by atoms with van der Waals surface area (Å²) in [5.41, 5.74) is 1.15. The van der Waals surface area contributed by atoms with E-state index in [0.717, 1.165) is 31.5 Å². The number of hydrogen-bond donors (Lipinski definition) is 1. The summed E-state index contributed by atoms with van der Waals surface area (Å²) in [4.78, 5) is 17.0. The average Bonchev–Trinajstić information content (AvgIpc) is 2.55. The third-order valence-corrected chi connectivity index (χ3v) is 4.92. The lowest BCUT2D eigenvalue weighted by atomic mass is 10.0. The summed E-state index contributed by atoms with van der Waals surface area (Å²) in [6.45, 7) is 9.28. The van der Waals surface area contributed by atoms with Crippen LogP contribution in [0.15, 0.2) is 30.3 Å². The predicted molar refractivity (Wildman–Crippen MR) is 95.4 cm³/mol. The number of benzene rings is 1. The Kier molecular flexibility index (Phi) is 6.60. The van der Waals surface area contributed by atoms with Crippen LogP contribution < -0.4 is 5.32 Å². The molecule has 1 heterocycles. The molecule has 128 valence electrons. The summed E-state index contributed by atoms with van der Waals surface area (Å²) in [7, 11) is 2.07. The van der Waals surface area contributed by atoms with Gasteiger partial charge in [0, 0.05) is 12.1 Å². The zero-order valence-electron chi connectivity index (χ0n) is 15.0. The molecule has 1 atom stereocenters. The van der Waals surface area contributed by atoms with Gasteiger partial charge < -0.3 is 10.2 Å². The van der Waals surface area contributed by atoms with Crippen molar-refractivity contribution in [2.75, 3.05) is 26.7 Å². The van der Waals surface area contributed by atoms with Crippen LogP contribution in [-0.4, -0.2) is 54.5 Å². The highest BCUT2D eigenvalue weighted by molar-refractivity contribution is 5.78. The van der Waals surface area contributed by atoms with Crippen molar-refractivity contribution in [2.24, 2.45) is 0 Å². The summed E-state index contributed by atoms with van der Waals surface area (Å²) < 4.78 is 0. The van der Waals surface area contributed by atoms with E-state index in [0.29, 0.717) is 18.6 Å². The molecule has 0 saturated carbocycles. The van der Waals surface area contributed by atoms with Gasteiger partial charge >= 0.3 is 0 Å². The van der Waals surface area contributed by atoms with Gasteiger partial charge in [-0.3, -0.25) is 9.69 Å². The molecule has 4 nitrogen and oxygen atoms in total. The number of rotatable bonds is 6. The Labute approximate surface area is 140 Å². The van der Waals surface area contributed by atoms with Crippen molar-refractivity contribution in [1.82, 2.24) is 15.1 Å². The van der Waals surface area contributed by atoms with E-state index < -0.39 is 0 Å². The van der Waals surface area contributed by atoms with E-state index in [1.807, 2.05) is 25.1 Å². The first kappa shape index (κ1) is 18.0. The SMILES string of the molecule is CC(NC(=O)CN(C)C1CCN(C(C)C)CC1)c1ccccc1. The second kappa shape index (κ2) is 8.46. The molecule has 1 fully saturated rings. The molecule has 1 saturated heterocycles. The van der Waals surface area contributed by atoms with Crippen molar-refractivity contribution in [1.29, 1.82) is 0 Å². The fourth-order valence-electron chi connectivity index (χ4n) is 3.31. The van der Waals surface area contributed by atoms with Gasteiger partial charge in [-0.25, -0.2) is 0 Å². The van der Waals surface area contributed by atoms with E-state index in [1.165, 1.54) is 0 Å². The third-order valence-electron chi connectivity index (χ3n) is 4.92. The minimum atomic E-state index is 0.0555. The number of nitrogens with zero attached hydrogens (tertiary/aromatic N) is 2. The van der Waals surface area contributed by atoms with E-state index in [4.69, 9.17) is 0 Å². The molecule has 0 radical (unpaired) electrons. The van der Waals surface area contributed by atoms with Crippen LogP contribution in [0.3, 0.4) is 0 Å². The summed E-state index contributed by atoms with van der Waals surface area (Å²) >= 11 is 0. The van der Waals surface area contributed by atoms with E-state index in [-0.39, 0.29) is 11.9 Å². The Balaban J connectivity index is 1.77. The van der Waals surface area contributed by atoms with E-state index >= 15 is 0 Å². The van der Waals surface area contributed by atoms with Crippen molar-refractivity contribution in [3.63, 3.8) is 0 Å². The monoisotopic (exact) mass is 317 g/mol. The van der Waals surface area contributed by atoms with Crippen LogP contribution in [0.25, 0.3) is 0 Å². The van der Waals surface area contributed by atoms with Crippen LogP contribution in [0.2, 0.25) is 0 Å². The van der Waals surface area contributed by atoms with Crippen LogP contribution in [0, 0.1) is 0 Å². The number of carbonyl (C=O) groups excluding carboxylic acids is 1. The number of likely N-dealkylation sites (N-methyl/N-ethyl adjacent to an activating group) is 1. The summed E-state index contributed by atoms with van der Waals surface area (Å²) in [5.74, 6) is 0.107. The second-order valence-corrected chi connectivity index (χ2v) is 6.98. The molecule has 0 aliphatic carbocycles. The third kappa shape index (κ3) is 5.33. The van der Waals surface area contributed by atoms with E-state index in [2.05, 4.69) is 48.1 Å². The lowest BCUT2D eigenvalue weighted by Crippen LogP contribution is -2.48. The lowest BCUT2D eigenvalue weighted by molar-refractivity contribution is -0.123. The van der Waals surface area contributed by atoms with Crippen LogP contribution >= 0.6 is 0 Å². The van der Waals surface area contributed by atoms with E-state index in [1.54, 1.807) is 0 Å². The number of likely N-dealkylation sites (tertiary alicyclic amines) is 1. The highest BCUT2D eigenvalue weighted by atomic mass is 16.2. The molecular weight excluding hydrogens is 286 g/mol. The van der Waals surface area contributed by atoms with Gasteiger partial charge in [-0.05, 0) is 59.3 Å². The Morgan fingerprint density at radius 1 is 1.22 bits per heavy atom. The highest BCUT2D eigenvalue weighted by Crippen LogP contribution is 2.17. The minimum absolute atomic E-state index is 0.0555. The van der Waals surface area contributed by atoms with Crippen molar-refractivity contribution in [2.45, 2.75) is 51.7 Å². The van der Waals surface area contributed by atoms with Gasteiger partial charge in [0.1, 0.15) is 0 Å². The van der Waals surface area contributed by atoms with Gasteiger partial charge in [-0.1, -0.05) is 30.3 Å². The van der Waals surface area contributed by atoms with Gasteiger partial charge in [0.25, 0.3) is 0 Å². The maximum atomic E-state index is 12.3. The predicted octanol–water partition coefficient (Wildman–Crippen LogP) is 2.67. The smallest absolute Gasteiger partial charge is 0.234 e. The maximum absolute atomic E-state index is 12.3. The molecule has 1 aliphatic heterocycles. The molecular formula is C19H31N3O. The molecule has 0 aromatic heterocycles. The number of piperidine rings is 1. The van der Waals surface area contributed by atoms with Gasteiger partial charge in [0.15, 0.2) is 0 Å². The molecule has 0 spiro atoms. The van der Waals surface area contributed by atoms with Crippen LogP contribution in [0.5, 0.6) is 0 Å². The zero-order chi connectivity index (χ0) is 16.8. The van der Waals surface area contributed by atoms with Crippen LogP contribution in [0.4, 0.5) is 0 Å². The first-order valence-corrected chi connectivity index (χ1v) is 8.76. The first-order chi connectivity index (χ1) is 11.0. The van der Waals surface area contributed by atoms with Gasteiger partial charge in [0.05, 0.1) is 12.6 Å². The van der Waals surface area contributed by atoms with Crippen molar-refractivity contribution in [3.05, 3.63) is 35.9 Å². The maximum Gasteiger partial charge on any atom is 0.234 e. The lowest BCUT2D eigenvalue weighted by Gasteiger charge is -2.38. The quantitative estimate of drug-likeness (QED) is 0.876.